The maximum atomic E-state index is 12.7. The first kappa shape index (κ1) is 21.6. The second kappa shape index (κ2) is 8.73. The largest absolute Gasteiger partial charge is 0.491 e. The van der Waals surface area contributed by atoms with Gasteiger partial charge in [0.15, 0.2) is 0 Å². The van der Waals surface area contributed by atoms with Crippen LogP contribution in [0.1, 0.15) is 43.5 Å². The third kappa shape index (κ3) is 4.74. The smallest absolute Gasteiger partial charge is 0.349 e. The molecule has 2 fully saturated rings. The van der Waals surface area contributed by atoms with E-state index >= 15 is 0 Å². The third-order valence-corrected chi connectivity index (χ3v) is 5.38. The second-order valence-electron chi connectivity index (χ2n) is 7.93. The number of benzene rings is 1. The van der Waals surface area contributed by atoms with Crippen LogP contribution in [0.15, 0.2) is 33.5 Å². The molecule has 2 N–H and O–H groups in total. The summed E-state index contributed by atoms with van der Waals surface area (Å²) in [6.07, 6.45) is 2.68. The van der Waals surface area contributed by atoms with E-state index in [0.717, 1.165) is 32.4 Å². The Morgan fingerprint density at radius 1 is 1.28 bits per heavy atom. The van der Waals surface area contributed by atoms with Crippen molar-refractivity contribution in [2.24, 2.45) is 0 Å². The first-order valence-corrected chi connectivity index (χ1v) is 9.84. The van der Waals surface area contributed by atoms with Crippen LogP contribution in [0.4, 0.5) is 0 Å². The monoisotopic (exact) mass is 422 g/mol. The Labute approximate surface area is 175 Å². The number of amides is 1. The Bertz CT molecular complexity index is 936. The average molecular weight is 423 g/mol. The molecule has 158 valence electrons. The summed E-state index contributed by atoms with van der Waals surface area (Å²) in [7, 11) is 0. The molecule has 29 heavy (non-hydrogen) atoms. The van der Waals surface area contributed by atoms with Gasteiger partial charge in [-0.3, -0.25) is 4.79 Å². The van der Waals surface area contributed by atoms with E-state index in [0.29, 0.717) is 23.3 Å². The van der Waals surface area contributed by atoms with E-state index in [2.05, 4.69) is 10.6 Å². The first-order valence-electron chi connectivity index (χ1n) is 9.84. The van der Waals surface area contributed by atoms with Crippen molar-refractivity contribution in [3.05, 3.63) is 40.2 Å². The van der Waals surface area contributed by atoms with E-state index in [1.807, 2.05) is 13.8 Å². The van der Waals surface area contributed by atoms with Gasteiger partial charge in [0, 0.05) is 11.5 Å². The van der Waals surface area contributed by atoms with Gasteiger partial charge in [-0.25, -0.2) is 4.79 Å². The molecule has 3 heterocycles. The SMILES string of the molecule is CC(C)Oc1ccc2cc(C(=O)NC3COC4(CCNCC4)C3)c(=O)oc2c1.Cl. The molecule has 4 rings (SSSR count). The molecule has 1 amide bonds. The number of hydrogen-bond acceptors (Lipinski definition) is 6. The summed E-state index contributed by atoms with van der Waals surface area (Å²) in [5.41, 5.74) is -0.389. The number of halogens is 1. The van der Waals surface area contributed by atoms with Crippen LogP contribution in [0.25, 0.3) is 11.0 Å². The quantitative estimate of drug-likeness (QED) is 0.736. The lowest BCUT2D eigenvalue weighted by molar-refractivity contribution is -0.0194. The number of fused-ring (bicyclic) bond motifs is 1. The number of ether oxygens (including phenoxy) is 2. The van der Waals surface area contributed by atoms with Gasteiger partial charge in [-0.1, -0.05) is 0 Å². The summed E-state index contributed by atoms with van der Waals surface area (Å²) in [4.78, 5) is 25.1. The Morgan fingerprint density at radius 3 is 2.76 bits per heavy atom. The Morgan fingerprint density at radius 2 is 2.03 bits per heavy atom. The van der Waals surface area contributed by atoms with Crippen LogP contribution in [0, 0.1) is 0 Å². The van der Waals surface area contributed by atoms with Gasteiger partial charge in [-0.05, 0) is 64.4 Å². The van der Waals surface area contributed by atoms with Crippen molar-refractivity contribution in [3.63, 3.8) is 0 Å². The van der Waals surface area contributed by atoms with Gasteiger partial charge in [0.05, 0.1) is 24.4 Å². The summed E-state index contributed by atoms with van der Waals surface area (Å²) < 4.78 is 17.0. The second-order valence-corrected chi connectivity index (χ2v) is 7.93. The van der Waals surface area contributed by atoms with Crippen LogP contribution in [-0.4, -0.2) is 43.4 Å². The molecule has 0 bridgehead atoms. The highest BCUT2D eigenvalue weighted by Crippen LogP contribution is 2.34. The van der Waals surface area contributed by atoms with E-state index in [4.69, 9.17) is 13.9 Å². The topological polar surface area (TPSA) is 89.8 Å². The lowest BCUT2D eigenvalue weighted by atomic mass is 9.88. The molecule has 1 spiro atoms. The van der Waals surface area contributed by atoms with E-state index in [1.165, 1.54) is 0 Å². The van der Waals surface area contributed by atoms with Crippen LogP contribution >= 0.6 is 12.4 Å². The Kier molecular flexibility index (Phi) is 6.51. The molecule has 8 heteroatoms. The molecule has 1 atom stereocenters. The van der Waals surface area contributed by atoms with Gasteiger partial charge in [-0.15, -0.1) is 12.4 Å². The molecular weight excluding hydrogens is 396 g/mol. The van der Waals surface area contributed by atoms with Crippen molar-refractivity contribution in [3.8, 4) is 5.75 Å². The van der Waals surface area contributed by atoms with Crippen molar-refractivity contribution in [1.29, 1.82) is 0 Å². The van der Waals surface area contributed by atoms with Crippen LogP contribution in [0.5, 0.6) is 5.75 Å². The maximum absolute atomic E-state index is 12.7. The normalized spacial score (nSPS) is 20.6. The minimum absolute atomic E-state index is 0. The summed E-state index contributed by atoms with van der Waals surface area (Å²) in [5, 5.41) is 6.95. The summed E-state index contributed by atoms with van der Waals surface area (Å²) >= 11 is 0. The third-order valence-electron chi connectivity index (χ3n) is 5.38. The summed E-state index contributed by atoms with van der Waals surface area (Å²) in [5.74, 6) is 0.205. The van der Waals surface area contributed by atoms with Crippen molar-refractivity contribution in [2.45, 2.75) is 50.9 Å². The van der Waals surface area contributed by atoms with Gasteiger partial charge in [0.1, 0.15) is 16.9 Å². The highest BCUT2D eigenvalue weighted by molar-refractivity contribution is 5.97. The first-order chi connectivity index (χ1) is 13.4. The molecule has 2 saturated heterocycles. The van der Waals surface area contributed by atoms with Crippen LogP contribution in [0.3, 0.4) is 0 Å². The number of nitrogens with one attached hydrogen (secondary N) is 2. The maximum Gasteiger partial charge on any atom is 0.349 e. The van der Waals surface area contributed by atoms with Crippen molar-refractivity contribution < 1.29 is 18.7 Å². The van der Waals surface area contributed by atoms with E-state index in [-0.39, 0.29) is 35.7 Å². The van der Waals surface area contributed by atoms with Crippen molar-refractivity contribution in [2.75, 3.05) is 19.7 Å². The predicted octanol–water partition coefficient (Wildman–Crippen LogP) is 2.64. The number of carbonyl (C=O) groups is 1. The summed E-state index contributed by atoms with van der Waals surface area (Å²) in [6.45, 7) is 6.18. The zero-order chi connectivity index (χ0) is 19.7. The van der Waals surface area contributed by atoms with E-state index in [1.54, 1.807) is 24.3 Å². The van der Waals surface area contributed by atoms with E-state index in [9.17, 15) is 9.59 Å². The molecule has 0 saturated carbocycles. The van der Waals surface area contributed by atoms with Gasteiger partial charge in [0.2, 0.25) is 0 Å². The molecule has 1 aromatic carbocycles. The zero-order valence-corrected chi connectivity index (χ0v) is 17.5. The highest BCUT2D eigenvalue weighted by Gasteiger charge is 2.41. The minimum atomic E-state index is -0.651. The molecule has 1 aromatic heterocycles. The van der Waals surface area contributed by atoms with Crippen molar-refractivity contribution >= 4 is 29.3 Å². The van der Waals surface area contributed by atoms with Gasteiger partial charge in [-0.2, -0.15) is 0 Å². The predicted molar refractivity (Wildman–Crippen MR) is 112 cm³/mol. The Hall–Kier alpha value is -2.09. The molecule has 2 aromatic rings. The van der Waals surface area contributed by atoms with Gasteiger partial charge >= 0.3 is 5.63 Å². The molecular formula is C21H27ClN2O5. The van der Waals surface area contributed by atoms with E-state index < -0.39 is 11.5 Å². The lowest BCUT2D eigenvalue weighted by Gasteiger charge is -2.32. The number of carbonyl (C=O) groups excluding carboxylic acids is 1. The lowest BCUT2D eigenvalue weighted by Crippen LogP contribution is -2.43. The fourth-order valence-electron chi connectivity index (χ4n) is 4.03. The molecule has 2 aliphatic heterocycles. The van der Waals surface area contributed by atoms with Gasteiger partial charge < -0.3 is 24.5 Å². The molecule has 0 radical (unpaired) electrons. The standard InChI is InChI=1S/C21H26N2O5.ClH/c1-13(2)27-16-4-3-14-9-17(20(25)28-18(14)10-16)19(24)23-15-11-21(26-12-15)5-7-22-8-6-21;/h3-4,9-10,13,15,22H,5-8,11-12H2,1-2H3,(H,23,24);1H. The molecule has 0 aliphatic carbocycles. The number of rotatable bonds is 4. The van der Waals surface area contributed by atoms with Gasteiger partial charge in [0.25, 0.3) is 5.91 Å². The minimum Gasteiger partial charge on any atom is -0.491 e. The molecule has 2 aliphatic rings. The fourth-order valence-corrected chi connectivity index (χ4v) is 4.03. The fraction of sp³-hybridized carbons (Fsp3) is 0.524. The van der Waals surface area contributed by atoms with Crippen LogP contribution in [-0.2, 0) is 4.74 Å². The Balaban J connectivity index is 0.00000240. The number of piperidine rings is 1. The summed E-state index contributed by atoms with van der Waals surface area (Å²) in [6, 6.07) is 6.74. The molecule has 7 nitrogen and oxygen atoms in total. The van der Waals surface area contributed by atoms with Crippen LogP contribution < -0.4 is 21.0 Å². The highest BCUT2D eigenvalue weighted by atomic mass is 35.5. The zero-order valence-electron chi connectivity index (χ0n) is 16.7. The number of hydrogen-bond donors (Lipinski definition) is 2. The average Bonchev–Trinajstić information content (AvgIpc) is 3.02. The molecule has 1 unspecified atom stereocenters. The van der Waals surface area contributed by atoms with Crippen LogP contribution in [0.2, 0.25) is 0 Å². The van der Waals surface area contributed by atoms with Crippen molar-refractivity contribution in [1.82, 2.24) is 10.6 Å².